The van der Waals surface area contributed by atoms with Crippen molar-refractivity contribution in [3.05, 3.63) is 83.6 Å². The number of unbranched alkanes of at least 4 members (excludes halogenated alkanes) is 2. The highest BCUT2D eigenvalue weighted by Crippen LogP contribution is 2.47. The molecule has 2 aliphatic heterocycles. The van der Waals surface area contributed by atoms with E-state index in [4.69, 9.17) is 4.74 Å². The Hall–Kier alpha value is -3.07. The standard InChI is InChI=1S/C36H50N3O6P/c1-7-38-30-18-12-10-16-28(30)35(2,3)32(38)20-15-21-33-36(4,5)29-17-11-13-19-31(29)39(33)24-14-8-9-22-34(40)37-23-25-44-26-27-45-46(41,42)43-6/h10-13,15-21H,7-9,14,22-27H2,1-6H3,(H-,37,40,41,42). The molecule has 0 aliphatic carbocycles. The van der Waals surface area contributed by atoms with Gasteiger partial charge in [-0.1, -0.05) is 56.3 Å². The summed E-state index contributed by atoms with van der Waals surface area (Å²) in [6, 6.07) is 17.4. The SMILES string of the molecule is CCN1C(=CC=CC2=[N+](CCCCCC(=O)NCCOCCOP(=O)([O-])OC)c3ccccc3C2(C)C)C(C)(C)c2ccccc21. The zero-order valence-corrected chi connectivity index (χ0v) is 29.1. The maximum atomic E-state index is 12.3. The van der Waals surface area contributed by atoms with Crippen LogP contribution in [-0.2, 0) is 34.0 Å². The molecule has 0 fully saturated rings. The van der Waals surface area contributed by atoms with Crippen molar-refractivity contribution >= 4 is 30.8 Å². The molecule has 9 nitrogen and oxygen atoms in total. The maximum Gasteiger partial charge on any atom is 0.267 e. The Balaban J connectivity index is 1.32. The third kappa shape index (κ3) is 8.25. The van der Waals surface area contributed by atoms with Crippen LogP contribution in [0.15, 0.2) is 72.5 Å². The van der Waals surface area contributed by atoms with Gasteiger partial charge in [0.15, 0.2) is 5.71 Å². The van der Waals surface area contributed by atoms with Gasteiger partial charge in [0.1, 0.15) is 6.54 Å². The van der Waals surface area contributed by atoms with E-state index in [1.807, 2.05) is 0 Å². The molecule has 1 N–H and O–H groups in total. The van der Waals surface area contributed by atoms with Crippen LogP contribution in [0.3, 0.4) is 0 Å². The highest BCUT2D eigenvalue weighted by Gasteiger charge is 2.44. The summed E-state index contributed by atoms with van der Waals surface area (Å²) < 4.78 is 27.7. The zero-order chi connectivity index (χ0) is 33.4. The molecule has 1 amide bonds. The van der Waals surface area contributed by atoms with Gasteiger partial charge < -0.3 is 28.9 Å². The third-order valence-corrected chi connectivity index (χ3v) is 9.92. The quantitative estimate of drug-likeness (QED) is 0.124. The Labute approximate surface area is 274 Å². The van der Waals surface area contributed by atoms with Crippen LogP contribution in [0.5, 0.6) is 0 Å². The van der Waals surface area contributed by atoms with E-state index >= 15 is 0 Å². The van der Waals surface area contributed by atoms with Crippen molar-refractivity contribution in [2.45, 2.75) is 71.1 Å². The molecule has 46 heavy (non-hydrogen) atoms. The minimum atomic E-state index is -4.23. The monoisotopic (exact) mass is 651 g/mol. The number of nitrogens with zero attached hydrogens (tertiary/aromatic N) is 2. The zero-order valence-electron chi connectivity index (χ0n) is 28.2. The number of amides is 1. The number of hydrogen-bond acceptors (Lipinski definition) is 7. The predicted molar refractivity (Wildman–Crippen MR) is 182 cm³/mol. The lowest BCUT2D eigenvalue weighted by molar-refractivity contribution is -0.438. The van der Waals surface area contributed by atoms with Crippen molar-refractivity contribution in [2.75, 3.05) is 51.5 Å². The number of carbonyl (C=O) groups is 1. The topological polar surface area (TPSA) is 103 Å². The number of benzene rings is 2. The number of para-hydroxylation sites is 2. The van der Waals surface area contributed by atoms with Crippen LogP contribution in [-0.4, -0.2) is 62.8 Å². The van der Waals surface area contributed by atoms with Crippen molar-refractivity contribution in [3.8, 4) is 0 Å². The molecule has 0 saturated carbocycles. The molecule has 2 heterocycles. The van der Waals surface area contributed by atoms with Gasteiger partial charge in [-0.25, -0.2) is 0 Å². The molecule has 0 aromatic heterocycles. The van der Waals surface area contributed by atoms with Gasteiger partial charge in [0.25, 0.3) is 7.82 Å². The summed E-state index contributed by atoms with van der Waals surface area (Å²) in [4.78, 5) is 25.8. The average molecular weight is 652 g/mol. The number of ether oxygens (including phenoxy) is 1. The number of hydrogen-bond donors (Lipinski definition) is 1. The summed E-state index contributed by atoms with van der Waals surface area (Å²) in [7, 11) is -3.19. The number of rotatable bonds is 17. The van der Waals surface area contributed by atoms with Crippen molar-refractivity contribution in [2.24, 2.45) is 0 Å². The number of anilines is 1. The molecular weight excluding hydrogens is 601 g/mol. The molecule has 0 bridgehead atoms. The van der Waals surface area contributed by atoms with Gasteiger partial charge in [0.2, 0.25) is 11.6 Å². The summed E-state index contributed by atoms with van der Waals surface area (Å²) in [5, 5.41) is 2.85. The van der Waals surface area contributed by atoms with Gasteiger partial charge in [-0.05, 0) is 51.3 Å². The van der Waals surface area contributed by atoms with Crippen LogP contribution in [0.2, 0.25) is 0 Å². The van der Waals surface area contributed by atoms with E-state index in [0.717, 1.165) is 39.5 Å². The normalized spacial score (nSPS) is 18.7. The first kappa shape index (κ1) is 35.8. The number of likely N-dealkylation sites (N-methyl/N-ethyl adjacent to an activating group) is 1. The van der Waals surface area contributed by atoms with Crippen molar-refractivity contribution in [1.82, 2.24) is 5.32 Å². The Morgan fingerprint density at radius 2 is 1.70 bits per heavy atom. The molecule has 10 heteroatoms. The van der Waals surface area contributed by atoms with Crippen LogP contribution in [0.1, 0.15) is 71.4 Å². The molecule has 1 unspecified atom stereocenters. The van der Waals surface area contributed by atoms with Gasteiger partial charge in [-0.15, -0.1) is 0 Å². The average Bonchev–Trinajstić information content (AvgIpc) is 3.39. The minimum Gasteiger partial charge on any atom is -0.756 e. The lowest BCUT2D eigenvalue weighted by Gasteiger charge is -2.25. The van der Waals surface area contributed by atoms with Crippen LogP contribution in [0, 0.1) is 0 Å². The molecule has 0 radical (unpaired) electrons. The Morgan fingerprint density at radius 3 is 2.43 bits per heavy atom. The van der Waals surface area contributed by atoms with E-state index in [1.54, 1.807) is 0 Å². The van der Waals surface area contributed by atoms with Gasteiger partial charge in [0, 0.05) is 67.5 Å². The largest absolute Gasteiger partial charge is 0.756 e. The van der Waals surface area contributed by atoms with Gasteiger partial charge in [-0.3, -0.25) is 9.36 Å². The van der Waals surface area contributed by atoms with Crippen molar-refractivity contribution < 1.29 is 32.6 Å². The highest BCUT2D eigenvalue weighted by molar-refractivity contribution is 7.45. The number of nitrogens with one attached hydrogen (secondary N) is 1. The van der Waals surface area contributed by atoms with Crippen LogP contribution in [0.25, 0.3) is 0 Å². The molecule has 2 aromatic rings. The lowest BCUT2D eigenvalue weighted by atomic mass is 9.81. The number of carbonyl (C=O) groups excluding carboxylic acids is 1. The molecule has 2 aliphatic rings. The molecule has 0 saturated heterocycles. The number of phosphoric acid groups is 1. The lowest BCUT2D eigenvalue weighted by Crippen LogP contribution is -2.28. The fourth-order valence-electron chi connectivity index (χ4n) is 6.54. The summed E-state index contributed by atoms with van der Waals surface area (Å²) in [5.74, 6) is -0.0164. The minimum absolute atomic E-state index is 0.0164. The fourth-order valence-corrected chi connectivity index (χ4v) is 6.94. The maximum absolute atomic E-state index is 12.3. The smallest absolute Gasteiger partial charge is 0.267 e. The second kappa shape index (κ2) is 15.7. The highest BCUT2D eigenvalue weighted by atomic mass is 31.2. The Morgan fingerprint density at radius 1 is 0.978 bits per heavy atom. The van der Waals surface area contributed by atoms with E-state index < -0.39 is 7.82 Å². The van der Waals surface area contributed by atoms with Gasteiger partial charge in [-0.2, -0.15) is 4.58 Å². The van der Waals surface area contributed by atoms with E-state index in [0.29, 0.717) is 13.0 Å². The fraction of sp³-hybridized carbons (Fsp3) is 0.500. The first-order chi connectivity index (χ1) is 21.9. The predicted octanol–water partition coefficient (Wildman–Crippen LogP) is 6.15. The summed E-state index contributed by atoms with van der Waals surface area (Å²) in [5.41, 5.74) is 7.64. The Kier molecular flexibility index (Phi) is 12.2. The van der Waals surface area contributed by atoms with Crippen LogP contribution in [0.4, 0.5) is 11.4 Å². The van der Waals surface area contributed by atoms with E-state index in [-0.39, 0.29) is 36.6 Å². The van der Waals surface area contributed by atoms with E-state index in [2.05, 4.69) is 125 Å². The van der Waals surface area contributed by atoms with E-state index in [9.17, 15) is 14.3 Å². The second-order valence-electron chi connectivity index (χ2n) is 12.7. The van der Waals surface area contributed by atoms with Gasteiger partial charge in [0.05, 0.1) is 25.2 Å². The second-order valence-corrected chi connectivity index (χ2v) is 14.2. The molecular formula is C36H50N3O6P. The summed E-state index contributed by atoms with van der Waals surface area (Å²) in [6.45, 7) is 13.8. The molecule has 2 aromatic carbocycles. The summed E-state index contributed by atoms with van der Waals surface area (Å²) in [6.07, 6.45) is 9.97. The van der Waals surface area contributed by atoms with Crippen LogP contribution >= 0.6 is 7.82 Å². The molecule has 4 rings (SSSR count). The van der Waals surface area contributed by atoms with Crippen molar-refractivity contribution in [1.29, 1.82) is 0 Å². The van der Waals surface area contributed by atoms with Gasteiger partial charge >= 0.3 is 0 Å². The molecule has 250 valence electrons. The number of allylic oxidation sites excluding steroid dienone is 4. The molecule has 0 spiro atoms. The first-order valence-electron chi connectivity index (χ1n) is 16.3. The molecule has 1 atom stereocenters. The van der Waals surface area contributed by atoms with E-state index in [1.165, 1.54) is 33.9 Å². The number of fused-ring (bicyclic) bond motifs is 2. The van der Waals surface area contributed by atoms with Crippen molar-refractivity contribution in [3.63, 3.8) is 0 Å². The van der Waals surface area contributed by atoms with Crippen LogP contribution < -0.4 is 15.1 Å². The Bertz CT molecular complexity index is 1510. The first-order valence-corrected chi connectivity index (χ1v) is 17.8. The third-order valence-electron chi connectivity index (χ3n) is 8.98. The summed E-state index contributed by atoms with van der Waals surface area (Å²) >= 11 is 0. The number of phosphoric ester groups is 1.